The van der Waals surface area contributed by atoms with E-state index >= 15 is 0 Å². The SMILES string of the molecule is COC(=O)C1=C(C)Nc2nc(SCc3ccccc3Cl)nn2C1c1cccs1. The van der Waals surface area contributed by atoms with Crippen LogP contribution in [0.2, 0.25) is 5.02 Å². The Morgan fingerprint density at radius 1 is 1.36 bits per heavy atom. The van der Waals surface area contributed by atoms with Crippen molar-refractivity contribution in [2.75, 3.05) is 12.4 Å². The highest BCUT2D eigenvalue weighted by Gasteiger charge is 2.35. The fourth-order valence-electron chi connectivity index (χ4n) is 3.03. The number of nitrogens with zero attached hydrogens (tertiary/aromatic N) is 3. The first-order valence-corrected chi connectivity index (χ1v) is 10.7. The van der Waals surface area contributed by atoms with Gasteiger partial charge in [0.15, 0.2) is 0 Å². The van der Waals surface area contributed by atoms with E-state index in [1.165, 1.54) is 18.9 Å². The van der Waals surface area contributed by atoms with E-state index in [9.17, 15) is 4.79 Å². The van der Waals surface area contributed by atoms with Crippen molar-refractivity contribution in [2.24, 2.45) is 0 Å². The standard InChI is InChI=1S/C19H17ClN4O2S2/c1-11-15(17(25)26-2)16(14-8-5-9-27-14)24-18(21-11)22-19(23-24)28-10-12-6-3-4-7-13(12)20/h3-9,16H,10H2,1-2H3,(H,21,22,23). The maximum atomic E-state index is 12.5. The second kappa shape index (κ2) is 7.98. The summed E-state index contributed by atoms with van der Waals surface area (Å²) in [5.74, 6) is 0.878. The lowest BCUT2D eigenvalue weighted by molar-refractivity contribution is -0.136. The van der Waals surface area contributed by atoms with Gasteiger partial charge in [0.05, 0.1) is 12.7 Å². The third kappa shape index (κ3) is 3.55. The fourth-order valence-corrected chi connectivity index (χ4v) is 4.97. The van der Waals surface area contributed by atoms with Gasteiger partial charge in [-0.25, -0.2) is 9.48 Å². The van der Waals surface area contributed by atoms with E-state index in [-0.39, 0.29) is 12.0 Å². The van der Waals surface area contributed by atoms with Gasteiger partial charge in [0.25, 0.3) is 0 Å². The first-order chi connectivity index (χ1) is 13.6. The summed E-state index contributed by atoms with van der Waals surface area (Å²) >= 11 is 9.31. The van der Waals surface area contributed by atoms with Gasteiger partial charge in [-0.3, -0.25) is 0 Å². The summed E-state index contributed by atoms with van der Waals surface area (Å²) in [6.07, 6.45) is 0. The number of benzene rings is 1. The molecule has 144 valence electrons. The van der Waals surface area contributed by atoms with Crippen molar-refractivity contribution in [2.45, 2.75) is 23.9 Å². The van der Waals surface area contributed by atoms with Gasteiger partial charge < -0.3 is 10.1 Å². The van der Waals surface area contributed by atoms with E-state index in [2.05, 4.69) is 15.4 Å². The van der Waals surface area contributed by atoms with E-state index in [0.717, 1.165) is 15.5 Å². The molecule has 1 unspecified atom stereocenters. The monoisotopic (exact) mass is 432 g/mol. The predicted molar refractivity (Wildman–Crippen MR) is 112 cm³/mol. The van der Waals surface area contributed by atoms with Crippen molar-refractivity contribution in [1.82, 2.24) is 14.8 Å². The molecule has 1 aliphatic rings. The number of allylic oxidation sites excluding steroid dienone is 1. The number of thioether (sulfide) groups is 1. The first kappa shape index (κ1) is 19.0. The van der Waals surface area contributed by atoms with Crippen molar-refractivity contribution >= 4 is 46.6 Å². The van der Waals surface area contributed by atoms with Crippen molar-refractivity contribution in [3.63, 3.8) is 0 Å². The average Bonchev–Trinajstić information content (AvgIpc) is 3.35. The molecule has 0 saturated carbocycles. The van der Waals surface area contributed by atoms with E-state index in [4.69, 9.17) is 16.3 Å². The molecule has 0 bridgehead atoms. The molecule has 6 nitrogen and oxygen atoms in total. The van der Waals surface area contributed by atoms with Gasteiger partial charge >= 0.3 is 5.97 Å². The van der Waals surface area contributed by atoms with Crippen LogP contribution in [0.1, 0.15) is 23.4 Å². The van der Waals surface area contributed by atoms with Gasteiger partial charge in [0.2, 0.25) is 11.1 Å². The van der Waals surface area contributed by atoms with E-state index < -0.39 is 0 Å². The maximum absolute atomic E-state index is 12.5. The Morgan fingerprint density at radius 2 is 2.18 bits per heavy atom. The number of ether oxygens (including phenoxy) is 1. The number of rotatable bonds is 5. The first-order valence-electron chi connectivity index (χ1n) is 8.50. The molecule has 9 heteroatoms. The summed E-state index contributed by atoms with van der Waals surface area (Å²) in [7, 11) is 1.38. The lowest BCUT2D eigenvalue weighted by Crippen LogP contribution is -2.28. The molecule has 0 spiro atoms. The molecule has 3 heterocycles. The summed E-state index contributed by atoms with van der Waals surface area (Å²) in [6, 6.07) is 11.3. The number of carbonyl (C=O) groups excluding carboxylic acids is 1. The lowest BCUT2D eigenvalue weighted by Gasteiger charge is -2.26. The normalized spacial score (nSPS) is 15.9. The van der Waals surface area contributed by atoms with Crippen molar-refractivity contribution < 1.29 is 9.53 Å². The number of methoxy groups -OCH3 is 1. The van der Waals surface area contributed by atoms with E-state index in [1.54, 1.807) is 16.0 Å². The van der Waals surface area contributed by atoms with Crippen LogP contribution < -0.4 is 5.32 Å². The van der Waals surface area contributed by atoms with Gasteiger partial charge in [-0.05, 0) is 30.0 Å². The Balaban J connectivity index is 1.67. The number of esters is 1. The number of nitrogens with one attached hydrogen (secondary N) is 1. The third-order valence-corrected chi connectivity index (χ3v) is 6.55. The van der Waals surface area contributed by atoms with Crippen LogP contribution in [0.15, 0.2) is 58.2 Å². The Labute approximate surface area is 175 Å². The number of halogens is 1. The molecular weight excluding hydrogens is 416 g/mol. The molecule has 0 radical (unpaired) electrons. The van der Waals surface area contributed by atoms with Gasteiger partial charge in [0.1, 0.15) is 6.04 Å². The zero-order chi connectivity index (χ0) is 19.7. The molecule has 0 amide bonds. The number of carbonyl (C=O) groups is 1. The van der Waals surface area contributed by atoms with Crippen LogP contribution in [0.25, 0.3) is 0 Å². The van der Waals surface area contributed by atoms with Crippen molar-refractivity contribution in [1.29, 1.82) is 0 Å². The minimum atomic E-state index is -0.380. The summed E-state index contributed by atoms with van der Waals surface area (Å²) in [5.41, 5.74) is 2.27. The van der Waals surface area contributed by atoms with Crippen molar-refractivity contribution in [3.8, 4) is 0 Å². The average molecular weight is 433 g/mol. The third-order valence-electron chi connectivity index (χ3n) is 4.37. The molecular formula is C19H17ClN4O2S2. The second-order valence-corrected chi connectivity index (χ2v) is 8.44. The maximum Gasteiger partial charge on any atom is 0.338 e. The molecule has 2 aromatic heterocycles. The smallest absolute Gasteiger partial charge is 0.338 e. The summed E-state index contributed by atoms with van der Waals surface area (Å²) in [6.45, 7) is 1.85. The Hall–Kier alpha value is -2.29. The largest absolute Gasteiger partial charge is 0.466 e. The molecule has 4 rings (SSSR count). The number of hydrogen-bond acceptors (Lipinski definition) is 7. The van der Waals surface area contributed by atoms with Gasteiger partial charge in [-0.15, -0.1) is 16.4 Å². The van der Waals surface area contributed by atoms with E-state index in [1.807, 2.05) is 48.7 Å². The Morgan fingerprint density at radius 3 is 2.89 bits per heavy atom. The lowest BCUT2D eigenvalue weighted by atomic mass is 10.0. The summed E-state index contributed by atoms with van der Waals surface area (Å²) in [5, 5.41) is 11.2. The summed E-state index contributed by atoms with van der Waals surface area (Å²) in [4.78, 5) is 18.1. The van der Waals surface area contributed by atoms with Gasteiger partial charge in [0, 0.05) is 21.3 Å². The highest BCUT2D eigenvalue weighted by molar-refractivity contribution is 7.98. The Kier molecular flexibility index (Phi) is 5.43. The molecule has 0 fully saturated rings. The zero-order valence-corrected chi connectivity index (χ0v) is 17.6. The number of thiophene rings is 1. The van der Waals surface area contributed by atoms with Crippen LogP contribution in [0, 0.1) is 0 Å². The second-order valence-electron chi connectivity index (χ2n) is 6.12. The number of aromatic nitrogens is 3. The molecule has 1 N–H and O–H groups in total. The quantitative estimate of drug-likeness (QED) is 0.463. The Bertz CT molecular complexity index is 1050. The zero-order valence-electron chi connectivity index (χ0n) is 15.2. The highest BCUT2D eigenvalue weighted by Crippen LogP contribution is 2.38. The molecule has 1 atom stereocenters. The van der Waals surface area contributed by atoms with Crippen LogP contribution in [0.5, 0.6) is 0 Å². The van der Waals surface area contributed by atoms with Gasteiger partial charge in [-0.1, -0.05) is 47.6 Å². The highest BCUT2D eigenvalue weighted by atomic mass is 35.5. The molecule has 1 aliphatic heterocycles. The molecule has 28 heavy (non-hydrogen) atoms. The molecule has 0 aliphatic carbocycles. The summed E-state index contributed by atoms with van der Waals surface area (Å²) < 4.78 is 6.77. The number of hydrogen-bond donors (Lipinski definition) is 1. The van der Waals surface area contributed by atoms with Crippen LogP contribution in [-0.4, -0.2) is 27.8 Å². The van der Waals surface area contributed by atoms with Crippen LogP contribution >= 0.6 is 34.7 Å². The topological polar surface area (TPSA) is 69.0 Å². The van der Waals surface area contributed by atoms with Crippen molar-refractivity contribution in [3.05, 3.63) is 68.5 Å². The number of anilines is 1. The van der Waals surface area contributed by atoms with Crippen LogP contribution in [0.4, 0.5) is 5.95 Å². The molecule has 3 aromatic rings. The minimum absolute atomic E-state index is 0.370. The van der Waals surface area contributed by atoms with E-state index in [0.29, 0.717) is 28.1 Å². The molecule has 1 aromatic carbocycles. The fraction of sp³-hybridized carbons (Fsp3) is 0.211. The van der Waals surface area contributed by atoms with Crippen LogP contribution in [-0.2, 0) is 15.3 Å². The van der Waals surface area contributed by atoms with Crippen LogP contribution in [0.3, 0.4) is 0 Å². The minimum Gasteiger partial charge on any atom is -0.466 e. The van der Waals surface area contributed by atoms with Gasteiger partial charge in [-0.2, -0.15) is 4.98 Å². The number of fused-ring (bicyclic) bond motifs is 1. The predicted octanol–water partition coefficient (Wildman–Crippen LogP) is 4.75. The molecule has 0 saturated heterocycles.